The van der Waals surface area contributed by atoms with Gasteiger partial charge in [-0.25, -0.2) is 0 Å². The Morgan fingerprint density at radius 1 is 1.29 bits per heavy atom. The lowest BCUT2D eigenvalue weighted by atomic mass is 10.1. The van der Waals surface area contributed by atoms with Gasteiger partial charge in [0.15, 0.2) is 0 Å². The number of hydrogen-bond acceptors (Lipinski definition) is 4. The molecule has 2 rings (SSSR count). The Kier molecular flexibility index (Phi) is 4.93. The molecule has 5 nitrogen and oxygen atoms in total. The number of halogens is 1. The number of rotatable bonds is 5. The second kappa shape index (κ2) is 6.69. The third kappa shape index (κ3) is 3.80. The summed E-state index contributed by atoms with van der Waals surface area (Å²) in [4.78, 5) is 10.5. The van der Waals surface area contributed by atoms with Gasteiger partial charge in [-0.3, -0.25) is 10.1 Å². The van der Waals surface area contributed by atoms with Gasteiger partial charge in [0.2, 0.25) is 0 Å². The van der Waals surface area contributed by atoms with Crippen LogP contribution in [-0.4, -0.2) is 10.0 Å². The number of phenols is 1. The summed E-state index contributed by atoms with van der Waals surface area (Å²) in [5.74, 6) is 0.202. The highest BCUT2D eigenvalue weighted by Gasteiger charge is 2.12. The van der Waals surface area contributed by atoms with Crippen molar-refractivity contribution < 1.29 is 10.0 Å². The molecule has 21 heavy (non-hydrogen) atoms. The molecule has 0 amide bonds. The van der Waals surface area contributed by atoms with Gasteiger partial charge in [-0.2, -0.15) is 0 Å². The fourth-order valence-electron chi connectivity index (χ4n) is 2.06. The number of nitrogens with zero attached hydrogens (tertiary/aromatic N) is 1. The van der Waals surface area contributed by atoms with Crippen LogP contribution in [0.3, 0.4) is 0 Å². The van der Waals surface area contributed by atoms with Crippen LogP contribution in [0, 0.1) is 17.0 Å². The summed E-state index contributed by atoms with van der Waals surface area (Å²) in [6, 6.07) is 10.4. The predicted octanol–water partition coefficient (Wildman–Crippen LogP) is 3.66. The van der Waals surface area contributed by atoms with E-state index in [1.165, 1.54) is 6.07 Å². The van der Waals surface area contributed by atoms with Crippen LogP contribution >= 0.6 is 15.9 Å². The summed E-state index contributed by atoms with van der Waals surface area (Å²) in [5.41, 5.74) is 2.74. The van der Waals surface area contributed by atoms with Crippen LogP contribution < -0.4 is 5.32 Å². The quantitative estimate of drug-likeness (QED) is 0.637. The maximum atomic E-state index is 10.9. The summed E-state index contributed by atoms with van der Waals surface area (Å²) in [6.07, 6.45) is 0. The molecule has 0 atom stereocenters. The number of aromatic hydroxyl groups is 1. The molecule has 0 spiro atoms. The Bertz CT molecular complexity index is 674. The van der Waals surface area contributed by atoms with Crippen LogP contribution in [-0.2, 0) is 13.1 Å². The molecule has 0 aliphatic carbocycles. The molecule has 6 heteroatoms. The van der Waals surface area contributed by atoms with Gasteiger partial charge in [0.05, 0.1) is 9.40 Å². The van der Waals surface area contributed by atoms with Gasteiger partial charge >= 0.3 is 0 Å². The minimum atomic E-state index is -0.365. The molecule has 0 aromatic heterocycles. The normalized spacial score (nSPS) is 10.6. The Morgan fingerprint density at radius 3 is 2.71 bits per heavy atom. The van der Waals surface area contributed by atoms with E-state index in [1.807, 2.05) is 18.2 Å². The Labute approximate surface area is 130 Å². The van der Waals surface area contributed by atoms with E-state index >= 15 is 0 Å². The molecule has 0 unspecified atom stereocenters. The van der Waals surface area contributed by atoms with Crippen molar-refractivity contribution in [1.29, 1.82) is 0 Å². The number of phenolic OH excluding ortho intramolecular Hbond substituents is 1. The van der Waals surface area contributed by atoms with Gasteiger partial charge in [-0.05, 0) is 46.1 Å². The monoisotopic (exact) mass is 350 g/mol. The standard InChI is InChI=1S/C15H15BrN2O3/c1-10-12(3-2-4-14(10)18(20)21)9-17-8-11-5-6-15(19)13(16)7-11/h2-7,17,19H,8-9H2,1H3. The predicted molar refractivity (Wildman–Crippen MR) is 84.2 cm³/mol. The SMILES string of the molecule is Cc1c(CNCc2ccc(O)c(Br)c2)cccc1[N+](=O)[O-]. The van der Waals surface area contributed by atoms with E-state index in [0.29, 0.717) is 23.1 Å². The average Bonchev–Trinajstić information content (AvgIpc) is 2.44. The zero-order valence-corrected chi connectivity index (χ0v) is 13.1. The smallest absolute Gasteiger partial charge is 0.272 e. The van der Waals surface area contributed by atoms with Crippen molar-refractivity contribution in [2.24, 2.45) is 0 Å². The third-order valence-corrected chi connectivity index (χ3v) is 3.91. The summed E-state index contributed by atoms with van der Waals surface area (Å²) in [5, 5.41) is 23.6. The van der Waals surface area contributed by atoms with E-state index in [0.717, 1.165) is 11.1 Å². The first-order valence-electron chi connectivity index (χ1n) is 6.40. The minimum Gasteiger partial charge on any atom is -0.507 e. The van der Waals surface area contributed by atoms with Crippen LogP contribution in [0.4, 0.5) is 5.69 Å². The molecule has 110 valence electrons. The largest absolute Gasteiger partial charge is 0.507 e. The lowest BCUT2D eigenvalue weighted by Crippen LogP contribution is -2.14. The van der Waals surface area contributed by atoms with Crippen LogP contribution in [0.25, 0.3) is 0 Å². The van der Waals surface area contributed by atoms with Gasteiger partial charge in [0, 0.05) is 24.7 Å². The van der Waals surface area contributed by atoms with E-state index in [4.69, 9.17) is 0 Å². The van der Waals surface area contributed by atoms with Gasteiger partial charge in [0.25, 0.3) is 5.69 Å². The van der Waals surface area contributed by atoms with Crippen molar-refractivity contribution in [1.82, 2.24) is 5.32 Å². The van der Waals surface area contributed by atoms with Crippen LogP contribution in [0.5, 0.6) is 5.75 Å². The maximum Gasteiger partial charge on any atom is 0.272 e. The Hall–Kier alpha value is -1.92. The molecule has 0 aliphatic rings. The van der Waals surface area contributed by atoms with Gasteiger partial charge in [-0.1, -0.05) is 18.2 Å². The molecule has 0 saturated carbocycles. The summed E-state index contributed by atoms with van der Waals surface area (Å²) in [6.45, 7) is 2.92. The fourth-order valence-corrected chi connectivity index (χ4v) is 2.49. The lowest BCUT2D eigenvalue weighted by molar-refractivity contribution is -0.385. The number of hydrogen-bond donors (Lipinski definition) is 2. The topological polar surface area (TPSA) is 75.4 Å². The van der Waals surface area contributed by atoms with Crippen molar-refractivity contribution in [3.05, 3.63) is 67.7 Å². The number of benzene rings is 2. The second-order valence-corrected chi connectivity index (χ2v) is 5.56. The highest BCUT2D eigenvalue weighted by molar-refractivity contribution is 9.10. The van der Waals surface area contributed by atoms with E-state index in [1.54, 1.807) is 19.1 Å². The van der Waals surface area contributed by atoms with Crippen LogP contribution in [0.1, 0.15) is 16.7 Å². The van der Waals surface area contributed by atoms with Crippen LogP contribution in [0.15, 0.2) is 40.9 Å². The molecule has 0 saturated heterocycles. The molecule has 2 N–H and O–H groups in total. The highest BCUT2D eigenvalue weighted by atomic mass is 79.9. The molecule has 0 radical (unpaired) electrons. The molecule has 2 aromatic rings. The first-order chi connectivity index (χ1) is 9.99. The van der Waals surface area contributed by atoms with Crippen molar-refractivity contribution >= 4 is 21.6 Å². The van der Waals surface area contributed by atoms with Crippen LogP contribution in [0.2, 0.25) is 0 Å². The average molecular weight is 351 g/mol. The van der Waals surface area contributed by atoms with E-state index in [9.17, 15) is 15.2 Å². The molecule has 2 aromatic carbocycles. The first-order valence-corrected chi connectivity index (χ1v) is 7.19. The highest BCUT2D eigenvalue weighted by Crippen LogP contribution is 2.24. The summed E-state index contributed by atoms with van der Waals surface area (Å²) >= 11 is 3.27. The number of nitro groups is 1. The Morgan fingerprint density at radius 2 is 2.05 bits per heavy atom. The fraction of sp³-hybridized carbons (Fsp3) is 0.200. The molecule has 0 fully saturated rings. The zero-order chi connectivity index (χ0) is 15.4. The van der Waals surface area contributed by atoms with Crippen molar-refractivity contribution in [2.45, 2.75) is 20.0 Å². The first kappa shape index (κ1) is 15.5. The van der Waals surface area contributed by atoms with E-state index in [-0.39, 0.29) is 16.4 Å². The lowest BCUT2D eigenvalue weighted by Gasteiger charge is -2.09. The molecular formula is C15H15BrN2O3. The number of nitro benzene ring substituents is 1. The summed E-state index contributed by atoms with van der Waals surface area (Å²) in [7, 11) is 0. The van der Waals surface area contributed by atoms with Crippen molar-refractivity contribution in [2.75, 3.05) is 0 Å². The molecule has 0 aliphatic heterocycles. The molecule has 0 heterocycles. The third-order valence-electron chi connectivity index (χ3n) is 3.27. The Balaban J connectivity index is 2.02. The zero-order valence-electron chi connectivity index (χ0n) is 11.5. The van der Waals surface area contributed by atoms with Crippen molar-refractivity contribution in [3.8, 4) is 5.75 Å². The molecule has 0 bridgehead atoms. The maximum absolute atomic E-state index is 10.9. The van der Waals surface area contributed by atoms with E-state index < -0.39 is 0 Å². The summed E-state index contributed by atoms with van der Waals surface area (Å²) < 4.78 is 0.647. The minimum absolute atomic E-state index is 0.140. The number of nitrogens with one attached hydrogen (secondary N) is 1. The second-order valence-electron chi connectivity index (χ2n) is 4.71. The van der Waals surface area contributed by atoms with E-state index in [2.05, 4.69) is 21.2 Å². The van der Waals surface area contributed by atoms with Gasteiger partial charge < -0.3 is 10.4 Å². The molecular weight excluding hydrogens is 336 g/mol. The van der Waals surface area contributed by atoms with Gasteiger partial charge in [0.1, 0.15) is 5.75 Å². The van der Waals surface area contributed by atoms with Gasteiger partial charge in [-0.15, -0.1) is 0 Å². The van der Waals surface area contributed by atoms with Crippen molar-refractivity contribution in [3.63, 3.8) is 0 Å².